The van der Waals surface area contributed by atoms with Crippen LogP contribution in [0.1, 0.15) is 40.5 Å². The molecule has 2 unspecified atom stereocenters. The fraction of sp³-hybridized carbons (Fsp3) is 0.857. The summed E-state index contributed by atoms with van der Waals surface area (Å²) in [5.41, 5.74) is 1.12. The predicted octanol–water partition coefficient (Wildman–Crippen LogP) is 2.27. The van der Waals surface area contributed by atoms with Gasteiger partial charge in [0.1, 0.15) is 0 Å². The highest BCUT2D eigenvalue weighted by Gasteiger charge is 2.50. The van der Waals surface area contributed by atoms with Crippen molar-refractivity contribution >= 4 is 7.12 Å². The Labute approximate surface area is 111 Å². The van der Waals surface area contributed by atoms with Crippen LogP contribution in [0.4, 0.5) is 0 Å². The van der Waals surface area contributed by atoms with Gasteiger partial charge in [0.2, 0.25) is 0 Å². The summed E-state index contributed by atoms with van der Waals surface area (Å²) in [5, 5.41) is 0. The normalized spacial score (nSPS) is 39.6. The second-order valence-electron chi connectivity index (χ2n) is 6.90. The van der Waals surface area contributed by atoms with E-state index in [-0.39, 0.29) is 18.3 Å². The molecule has 100 valence electrons. The van der Waals surface area contributed by atoms with Crippen LogP contribution in [0.3, 0.4) is 0 Å². The molecule has 3 nitrogen and oxygen atoms in total. The van der Waals surface area contributed by atoms with Gasteiger partial charge in [0.15, 0.2) is 0 Å². The van der Waals surface area contributed by atoms with Crippen LogP contribution in [-0.4, -0.2) is 42.9 Å². The Morgan fingerprint density at radius 1 is 1.17 bits per heavy atom. The average Bonchev–Trinajstić information content (AvgIpc) is 2.72. The van der Waals surface area contributed by atoms with Crippen LogP contribution in [0.2, 0.25) is 0 Å². The van der Waals surface area contributed by atoms with Gasteiger partial charge in [-0.3, -0.25) is 0 Å². The molecule has 3 saturated heterocycles. The van der Waals surface area contributed by atoms with Gasteiger partial charge in [-0.25, -0.2) is 0 Å². The van der Waals surface area contributed by atoms with Gasteiger partial charge in [0.25, 0.3) is 0 Å². The topological polar surface area (TPSA) is 21.7 Å². The van der Waals surface area contributed by atoms with E-state index in [1.807, 2.05) is 0 Å². The van der Waals surface area contributed by atoms with E-state index >= 15 is 0 Å². The molecule has 0 aromatic carbocycles. The highest BCUT2D eigenvalue weighted by atomic mass is 16.7. The van der Waals surface area contributed by atoms with Crippen LogP contribution >= 0.6 is 0 Å². The molecule has 0 spiro atoms. The minimum absolute atomic E-state index is 0.155. The molecular formula is C14H24BNO2. The van der Waals surface area contributed by atoms with Crippen molar-refractivity contribution in [3.05, 3.63) is 11.5 Å². The lowest BCUT2D eigenvalue weighted by molar-refractivity contribution is 0.00578. The van der Waals surface area contributed by atoms with Crippen molar-refractivity contribution in [3.8, 4) is 0 Å². The molecule has 3 fully saturated rings. The first-order valence-electron chi connectivity index (χ1n) is 7.16. The second kappa shape index (κ2) is 4.09. The molecule has 0 radical (unpaired) electrons. The fourth-order valence-corrected chi connectivity index (χ4v) is 3.18. The number of fused-ring (bicyclic) bond motifs is 2. The first-order chi connectivity index (χ1) is 8.37. The summed E-state index contributed by atoms with van der Waals surface area (Å²) >= 11 is 0. The number of rotatable bonds is 1. The second-order valence-corrected chi connectivity index (χ2v) is 6.90. The molecule has 2 bridgehead atoms. The van der Waals surface area contributed by atoms with Gasteiger partial charge >= 0.3 is 7.12 Å². The maximum absolute atomic E-state index is 6.06. The third-order valence-corrected chi connectivity index (χ3v) is 5.14. The Morgan fingerprint density at radius 2 is 1.83 bits per heavy atom. The van der Waals surface area contributed by atoms with Gasteiger partial charge in [-0.05, 0) is 53.0 Å². The van der Waals surface area contributed by atoms with E-state index in [4.69, 9.17) is 9.31 Å². The van der Waals surface area contributed by atoms with Crippen molar-refractivity contribution < 1.29 is 9.31 Å². The van der Waals surface area contributed by atoms with Crippen LogP contribution < -0.4 is 0 Å². The molecule has 4 heteroatoms. The first-order valence-corrected chi connectivity index (χ1v) is 7.16. The number of hydrogen-bond donors (Lipinski definition) is 0. The van der Waals surface area contributed by atoms with Crippen molar-refractivity contribution in [1.29, 1.82) is 0 Å². The zero-order valence-electron chi connectivity index (χ0n) is 12.0. The summed E-state index contributed by atoms with van der Waals surface area (Å²) in [6, 6.07) is 0. The van der Waals surface area contributed by atoms with E-state index in [2.05, 4.69) is 38.6 Å². The third-order valence-electron chi connectivity index (χ3n) is 5.14. The van der Waals surface area contributed by atoms with Gasteiger partial charge < -0.3 is 14.2 Å². The number of piperidine rings is 1. The highest BCUT2D eigenvalue weighted by molar-refractivity contribution is 6.51. The van der Waals surface area contributed by atoms with Crippen LogP contribution in [0, 0.1) is 5.92 Å². The minimum atomic E-state index is -0.217. The number of hydrogen-bond acceptors (Lipinski definition) is 3. The summed E-state index contributed by atoms with van der Waals surface area (Å²) < 4.78 is 12.1. The van der Waals surface area contributed by atoms with Crippen LogP contribution in [0.5, 0.6) is 0 Å². The molecule has 0 aromatic rings. The Bertz CT molecular complexity index is 362. The van der Waals surface area contributed by atoms with Gasteiger partial charge in [-0.1, -0.05) is 11.5 Å². The smallest absolute Gasteiger partial charge is 0.400 e. The van der Waals surface area contributed by atoms with E-state index in [9.17, 15) is 0 Å². The van der Waals surface area contributed by atoms with Gasteiger partial charge in [0.05, 0.1) is 11.2 Å². The molecule has 3 aliphatic rings. The molecule has 0 aliphatic carbocycles. The molecular weight excluding hydrogens is 225 g/mol. The maximum Gasteiger partial charge on any atom is 0.487 e. The van der Waals surface area contributed by atoms with E-state index in [0.717, 1.165) is 5.92 Å². The fourth-order valence-electron chi connectivity index (χ4n) is 3.18. The van der Waals surface area contributed by atoms with E-state index in [0.29, 0.717) is 0 Å². The molecule has 0 saturated carbocycles. The standard InChI is InChI=1S/C14H24BNO2/c1-13(2)14(3,4)18-15(17-13)9-11-5-7-16-8-6-12(11)10-16/h9,12H,5-8,10H2,1-4H3/b11-9-. The number of nitrogens with zero attached hydrogens (tertiary/aromatic N) is 1. The summed E-state index contributed by atoms with van der Waals surface area (Å²) in [6.45, 7) is 12.2. The van der Waals surface area contributed by atoms with E-state index in [1.165, 1.54) is 32.5 Å². The Morgan fingerprint density at radius 3 is 2.50 bits per heavy atom. The molecule has 2 atom stereocenters. The lowest BCUT2D eigenvalue weighted by Gasteiger charge is -2.32. The monoisotopic (exact) mass is 249 g/mol. The van der Waals surface area contributed by atoms with Crippen molar-refractivity contribution in [3.63, 3.8) is 0 Å². The third kappa shape index (κ3) is 2.04. The molecule has 0 aromatic heterocycles. The lowest BCUT2D eigenvalue weighted by atomic mass is 9.81. The first kappa shape index (κ1) is 12.7. The Hall–Kier alpha value is -0.315. The molecule has 3 rings (SSSR count). The van der Waals surface area contributed by atoms with Crippen molar-refractivity contribution in [2.75, 3.05) is 19.6 Å². The predicted molar refractivity (Wildman–Crippen MR) is 73.3 cm³/mol. The summed E-state index contributed by atoms with van der Waals surface area (Å²) in [7, 11) is -0.155. The molecule has 3 heterocycles. The Kier molecular flexibility index (Phi) is 2.89. The summed E-state index contributed by atoms with van der Waals surface area (Å²) in [5.74, 6) is 3.00. The van der Waals surface area contributed by atoms with Crippen LogP contribution in [0.25, 0.3) is 0 Å². The van der Waals surface area contributed by atoms with Crippen LogP contribution in [-0.2, 0) is 9.31 Å². The molecule has 0 amide bonds. The van der Waals surface area contributed by atoms with E-state index in [1.54, 1.807) is 5.57 Å². The van der Waals surface area contributed by atoms with Crippen LogP contribution in [0.15, 0.2) is 11.5 Å². The highest BCUT2D eigenvalue weighted by Crippen LogP contribution is 2.39. The van der Waals surface area contributed by atoms with Gasteiger partial charge in [-0.2, -0.15) is 0 Å². The largest absolute Gasteiger partial charge is 0.487 e. The molecule has 18 heavy (non-hydrogen) atoms. The van der Waals surface area contributed by atoms with Crippen molar-refractivity contribution in [2.24, 2.45) is 5.92 Å². The zero-order valence-corrected chi connectivity index (χ0v) is 12.0. The average molecular weight is 249 g/mol. The van der Waals surface area contributed by atoms with E-state index < -0.39 is 0 Å². The SMILES string of the molecule is CC1(C)OB(/C=C2/CCN3CCC2C3)OC1(C)C. The summed E-state index contributed by atoms with van der Waals surface area (Å²) in [6.07, 6.45) is 2.50. The minimum Gasteiger partial charge on any atom is -0.400 e. The van der Waals surface area contributed by atoms with Gasteiger partial charge in [0, 0.05) is 13.1 Å². The summed E-state index contributed by atoms with van der Waals surface area (Å²) in [4.78, 5) is 2.56. The lowest BCUT2D eigenvalue weighted by Crippen LogP contribution is -2.41. The quantitative estimate of drug-likeness (QED) is 0.665. The molecule has 0 N–H and O–H groups in total. The van der Waals surface area contributed by atoms with Crippen molar-refractivity contribution in [1.82, 2.24) is 4.90 Å². The van der Waals surface area contributed by atoms with Gasteiger partial charge in [-0.15, -0.1) is 0 Å². The zero-order chi connectivity index (χ0) is 13.0. The Balaban J connectivity index is 1.74. The van der Waals surface area contributed by atoms with Crippen molar-refractivity contribution in [2.45, 2.75) is 51.7 Å². The maximum atomic E-state index is 6.06. The molecule has 3 aliphatic heterocycles.